The molecule has 12 nitrogen and oxygen atoms in total. The summed E-state index contributed by atoms with van der Waals surface area (Å²) in [5.74, 6) is -5.52. The molecular formula is C46H73NO11. The number of esters is 1. The van der Waals surface area contributed by atoms with Gasteiger partial charge in [0.2, 0.25) is 5.79 Å². The fraction of sp³-hybridized carbons (Fsp3) is 0.783. The number of Topliss-reactive ketones (excluding diaryl/α,β-unsaturated/α-hetero) is 2. The zero-order valence-corrected chi connectivity index (χ0v) is 36.9. The molecule has 4 rings (SSSR count). The minimum atomic E-state index is -2.47. The van der Waals surface area contributed by atoms with Gasteiger partial charge in [0, 0.05) is 39.0 Å². The van der Waals surface area contributed by atoms with Crippen LogP contribution in [0, 0.1) is 29.6 Å². The van der Waals surface area contributed by atoms with E-state index in [9.17, 15) is 29.4 Å². The molecule has 13 atom stereocenters. The Morgan fingerprint density at radius 1 is 0.966 bits per heavy atom. The van der Waals surface area contributed by atoms with Gasteiger partial charge in [-0.15, -0.1) is 0 Å². The molecule has 1 aliphatic carbocycles. The number of fused-ring (bicyclic) bond motifs is 3. The van der Waals surface area contributed by atoms with Crippen molar-refractivity contribution in [3.8, 4) is 0 Å². The van der Waals surface area contributed by atoms with Crippen LogP contribution in [0.5, 0.6) is 0 Å². The molecule has 4 aliphatic rings. The van der Waals surface area contributed by atoms with Gasteiger partial charge in [0.15, 0.2) is 0 Å². The highest BCUT2D eigenvalue weighted by atomic mass is 16.7. The SMILES string of the molecule is CC=C(C)OC1CC(C=C(C)C2OC(=O)C3CCCCN3C(=O)C(=O)C3(O)OC(C(OC)CC(C)C/C(C)=C/C(CC)C(=O)CCC2C)C(OC)CC3C)CCC1O. The zero-order valence-electron chi connectivity index (χ0n) is 36.9. The van der Waals surface area contributed by atoms with Gasteiger partial charge in [0.05, 0.1) is 24.1 Å². The second-order valence-electron chi connectivity index (χ2n) is 17.8. The van der Waals surface area contributed by atoms with Crippen molar-refractivity contribution in [2.24, 2.45) is 29.6 Å². The first-order valence-electron chi connectivity index (χ1n) is 21.8. The van der Waals surface area contributed by atoms with Gasteiger partial charge in [-0.25, -0.2) is 4.79 Å². The molecule has 0 aromatic heterocycles. The van der Waals surface area contributed by atoms with Crippen LogP contribution in [0.2, 0.25) is 0 Å². The molecule has 328 valence electrons. The van der Waals surface area contributed by atoms with Crippen LogP contribution in [0.25, 0.3) is 0 Å². The van der Waals surface area contributed by atoms with E-state index in [-0.39, 0.29) is 48.5 Å². The second-order valence-corrected chi connectivity index (χ2v) is 17.8. The highest BCUT2D eigenvalue weighted by molar-refractivity contribution is 6.39. The number of allylic oxidation sites excluding steroid dienone is 5. The summed E-state index contributed by atoms with van der Waals surface area (Å²) in [5, 5.41) is 22.8. The molecule has 1 amide bonds. The van der Waals surface area contributed by atoms with Gasteiger partial charge < -0.3 is 38.8 Å². The Balaban J connectivity index is 1.73. The molecule has 2 bridgehead atoms. The van der Waals surface area contributed by atoms with Crippen molar-refractivity contribution >= 4 is 23.4 Å². The number of rotatable bonds is 7. The molecule has 58 heavy (non-hydrogen) atoms. The van der Waals surface area contributed by atoms with E-state index in [0.717, 1.165) is 23.3 Å². The first kappa shape index (κ1) is 47.8. The van der Waals surface area contributed by atoms with E-state index >= 15 is 0 Å². The molecule has 13 unspecified atom stereocenters. The third kappa shape index (κ3) is 11.7. The molecule has 2 saturated heterocycles. The number of aliphatic hydroxyl groups is 2. The lowest BCUT2D eigenvalue weighted by molar-refractivity contribution is -0.302. The van der Waals surface area contributed by atoms with Crippen molar-refractivity contribution in [1.82, 2.24) is 4.90 Å². The number of aliphatic hydroxyl groups excluding tert-OH is 1. The third-order valence-electron chi connectivity index (χ3n) is 13.2. The Morgan fingerprint density at radius 2 is 1.66 bits per heavy atom. The third-order valence-corrected chi connectivity index (χ3v) is 13.2. The molecule has 2 N–H and O–H groups in total. The number of ether oxygens (including phenoxy) is 5. The van der Waals surface area contributed by atoms with Crippen LogP contribution in [0.1, 0.15) is 132 Å². The number of ketones is 2. The molecule has 0 aromatic carbocycles. The van der Waals surface area contributed by atoms with E-state index in [2.05, 4.69) is 19.1 Å². The highest BCUT2D eigenvalue weighted by Gasteiger charge is 2.56. The summed E-state index contributed by atoms with van der Waals surface area (Å²) in [5.41, 5.74) is 1.90. The molecule has 0 spiro atoms. The second kappa shape index (κ2) is 21.6. The van der Waals surface area contributed by atoms with E-state index in [1.807, 2.05) is 47.6 Å². The standard InChI is InChI=1S/C46H73NO11/c1-11-32(8)56-38-26-33(17-19-37(38)49)24-30(6)41-29(5)16-18-36(48)34(12-2)22-27(3)21-28(4)23-39(54-9)42-40(55-10)25-31(7)46(53,58-42)43(50)44(51)47-20-14-13-15-35(47)45(52)57-41/h11,22,24,28-29,31,33-35,37-42,49,53H,12-21,23,25-26H2,1-10H3/b27-22+,30-24?,32-11?. The molecule has 12 heteroatoms. The van der Waals surface area contributed by atoms with Crippen LogP contribution in [0.4, 0.5) is 0 Å². The minimum absolute atomic E-state index is 0.0542. The minimum Gasteiger partial charge on any atom is -0.493 e. The molecule has 0 aromatic rings. The Morgan fingerprint density at radius 3 is 2.31 bits per heavy atom. The summed E-state index contributed by atoms with van der Waals surface area (Å²) >= 11 is 0. The van der Waals surface area contributed by atoms with Crippen LogP contribution in [-0.4, -0.2) is 108 Å². The molecular weight excluding hydrogens is 743 g/mol. The maximum atomic E-state index is 14.4. The quantitative estimate of drug-likeness (QED) is 0.121. The van der Waals surface area contributed by atoms with Crippen LogP contribution >= 0.6 is 0 Å². The number of carbonyl (C=O) groups is 4. The lowest BCUT2D eigenvalue weighted by Crippen LogP contribution is -2.64. The van der Waals surface area contributed by atoms with Gasteiger partial charge in [-0.2, -0.15) is 0 Å². The van der Waals surface area contributed by atoms with Gasteiger partial charge in [-0.05, 0) is 128 Å². The highest BCUT2D eigenvalue weighted by Crippen LogP contribution is 2.39. The Bertz CT molecular complexity index is 1520. The maximum Gasteiger partial charge on any atom is 0.329 e. The topological polar surface area (TPSA) is 158 Å². The molecule has 1 saturated carbocycles. The lowest BCUT2D eigenvalue weighted by atomic mass is 9.82. The zero-order chi connectivity index (χ0) is 42.9. The summed E-state index contributed by atoms with van der Waals surface area (Å²) in [6.07, 6.45) is 8.70. The molecule has 3 heterocycles. The van der Waals surface area contributed by atoms with Gasteiger partial charge >= 0.3 is 5.97 Å². The summed E-state index contributed by atoms with van der Waals surface area (Å²) in [4.78, 5) is 57.9. The maximum absolute atomic E-state index is 14.4. The largest absolute Gasteiger partial charge is 0.493 e. The van der Waals surface area contributed by atoms with Crippen molar-refractivity contribution in [2.75, 3.05) is 20.8 Å². The van der Waals surface area contributed by atoms with E-state index in [0.29, 0.717) is 64.2 Å². The van der Waals surface area contributed by atoms with Crippen molar-refractivity contribution in [1.29, 1.82) is 0 Å². The van der Waals surface area contributed by atoms with E-state index in [4.69, 9.17) is 23.7 Å². The summed E-state index contributed by atoms with van der Waals surface area (Å²) in [6.45, 7) is 15.6. The predicted octanol–water partition coefficient (Wildman–Crippen LogP) is 6.80. The van der Waals surface area contributed by atoms with Gasteiger partial charge in [-0.3, -0.25) is 14.4 Å². The number of nitrogens with zero attached hydrogens (tertiary/aromatic N) is 1. The Labute approximate surface area is 347 Å². The fourth-order valence-corrected chi connectivity index (χ4v) is 9.58. The Hall–Kier alpha value is -2.90. The Kier molecular flexibility index (Phi) is 17.8. The predicted molar refractivity (Wildman–Crippen MR) is 220 cm³/mol. The van der Waals surface area contributed by atoms with E-state index in [1.54, 1.807) is 21.1 Å². The van der Waals surface area contributed by atoms with E-state index < -0.39 is 65.9 Å². The number of methoxy groups -OCH3 is 2. The lowest BCUT2D eigenvalue weighted by Gasteiger charge is -2.47. The van der Waals surface area contributed by atoms with Crippen LogP contribution in [-0.2, 0) is 42.9 Å². The number of hydrogen-bond acceptors (Lipinski definition) is 11. The number of amides is 1. The summed E-state index contributed by atoms with van der Waals surface area (Å²) in [6, 6.07) is -1.05. The van der Waals surface area contributed by atoms with E-state index in [1.165, 1.54) is 4.90 Å². The number of piperidine rings is 1. The smallest absolute Gasteiger partial charge is 0.329 e. The van der Waals surface area contributed by atoms with Crippen LogP contribution in [0.3, 0.4) is 0 Å². The summed E-state index contributed by atoms with van der Waals surface area (Å²) in [7, 11) is 3.10. The van der Waals surface area contributed by atoms with Crippen LogP contribution < -0.4 is 0 Å². The molecule has 3 aliphatic heterocycles. The average Bonchev–Trinajstić information content (AvgIpc) is 3.20. The summed E-state index contributed by atoms with van der Waals surface area (Å²) < 4.78 is 30.5. The fourth-order valence-electron chi connectivity index (χ4n) is 9.58. The van der Waals surface area contributed by atoms with Gasteiger partial charge in [0.25, 0.3) is 11.7 Å². The van der Waals surface area contributed by atoms with Crippen molar-refractivity contribution in [2.45, 2.75) is 181 Å². The van der Waals surface area contributed by atoms with Crippen molar-refractivity contribution in [3.63, 3.8) is 0 Å². The molecule has 0 radical (unpaired) electrons. The normalized spacial score (nSPS) is 39.5. The molecule has 3 fully saturated rings. The number of hydrogen-bond donors (Lipinski definition) is 2. The monoisotopic (exact) mass is 816 g/mol. The number of carbonyl (C=O) groups excluding carboxylic acids is 4. The first-order chi connectivity index (χ1) is 27.5. The van der Waals surface area contributed by atoms with Crippen molar-refractivity contribution in [3.05, 3.63) is 35.1 Å². The average molecular weight is 816 g/mol. The first-order valence-corrected chi connectivity index (χ1v) is 21.8. The van der Waals surface area contributed by atoms with Crippen molar-refractivity contribution < 1.29 is 53.1 Å². The van der Waals surface area contributed by atoms with Crippen LogP contribution in [0.15, 0.2) is 35.1 Å². The van der Waals surface area contributed by atoms with Gasteiger partial charge in [0.1, 0.15) is 30.1 Å². The number of cyclic esters (lactones) is 1. The van der Waals surface area contributed by atoms with Gasteiger partial charge in [-0.1, -0.05) is 45.4 Å².